The molecular formula is C20H31N3O3S. The Bertz CT molecular complexity index is 759. The molecule has 1 atom stereocenters. The monoisotopic (exact) mass is 393 g/mol. The summed E-state index contributed by atoms with van der Waals surface area (Å²) in [6.07, 6.45) is 6.13. The van der Waals surface area contributed by atoms with Crippen molar-refractivity contribution in [3.63, 3.8) is 0 Å². The van der Waals surface area contributed by atoms with Crippen LogP contribution in [0.5, 0.6) is 0 Å². The van der Waals surface area contributed by atoms with Gasteiger partial charge >= 0.3 is 0 Å². The molecule has 7 heteroatoms. The molecule has 1 aliphatic heterocycles. The second-order valence-electron chi connectivity index (χ2n) is 7.80. The van der Waals surface area contributed by atoms with Gasteiger partial charge in [0.1, 0.15) is 0 Å². The molecule has 1 unspecified atom stereocenters. The topological polar surface area (TPSA) is 69.7 Å². The van der Waals surface area contributed by atoms with Crippen LogP contribution in [0.2, 0.25) is 0 Å². The number of likely N-dealkylation sites (tertiary alicyclic amines) is 1. The number of nitrogens with zero attached hydrogens (tertiary/aromatic N) is 2. The van der Waals surface area contributed by atoms with Crippen molar-refractivity contribution in [1.82, 2.24) is 14.5 Å². The lowest BCUT2D eigenvalue weighted by molar-refractivity contribution is 0.0787. The van der Waals surface area contributed by atoms with Crippen LogP contribution in [0.15, 0.2) is 29.2 Å². The van der Waals surface area contributed by atoms with Gasteiger partial charge in [-0.25, -0.2) is 8.42 Å². The van der Waals surface area contributed by atoms with E-state index in [2.05, 4.69) is 5.32 Å². The summed E-state index contributed by atoms with van der Waals surface area (Å²) in [5, 5.41) is 3.16. The van der Waals surface area contributed by atoms with E-state index in [-0.39, 0.29) is 16.8 Å². The van der Waals surface area contributed by atoms with Crippen LogP contribution in [0.1, 0.15) is 48.9 Å². The highest BCUT2D eigenvalue weighted by Crippen LogP contribution is 2.27. The molecular weight excluding hydrogens is 362 g/mol. The van der Waals surface area contributed by atoms with Crippen molar-refractivity contribution < 1.29 is 13.2 Å². The molecule has 3 rings (SSSR count). The highest BCUT2D eigenvalue weighted by molar-refractivity contribution is 7.89. The lowest BCUT2D eigenvalue weighted by atomic mass is 9.96. The van der Waals surface area contributed by atoms with Crippen LogP contribution < -0.4 is 5.32 Å². The van der Waals surface area contributed by atoms with E-state index in [0.29, 0.717) is 11.5 Å². The van der Waals surface area contributed by atoms with E-state index in [1.165, 1.54) is 10.7 Å². The van der Waals surface area contributed by atoms with E-state index in [4.69, 9.17) is 0 Å². The van der Waals surface area contributed by atoms with E-state index in [1.54, 1.807) is 31.3 Å². The van der Waals surface area contributed by atoms with E-state index in [9.17, 15) is 13.2 Å². The largest absolute Gasteiger partial charge is 0.338 e. The summed E-state index contributed by atoms with van der Waals surface area (Å²) in [6.45, 7) is 2.34. The van der Waals surface area contributed by atoms with Gasteiger partial charge in [-0.3, -0.25) is 4.79 Å². The first-order valence-corrected chi connectivity index (χ1v) is 11.4. The maximum absolute atomic E-state index is 13.1. The van der Waals surface area contributed by atoms with Crippen molar-refractivity contribution in [3.05, 3.63) is 29.8 Å². The summed E-state index contributed by atoms with van der Waals surface area (Å²) >= 11 is 0. The van der Waals surface area contributed by atoms with Crippen molar-refractivity contribution >= 4 is 15.9 Å². The Morgan fingerprint density at radius 1 is 1.22 bits per heavy atom. The highest BCUT2D eigenvalue weighted by atomic mass is 32.2. The molecule has 1 aromatic rings. The molecule has 1 saturated carbocycles. The van der Waals surface area contributed by atoms with Crippen molar-refractivity contribution in [2.24, 2.45) is 5.92 Å². The third kappa shape index (κ3) is 4.52. The van der Waals surface area contributed by atoms with Gasteiger partial charge in [0.15, 0.2) is 0 Å². The summed E-state index contributed by atoms with van der Waals surface area (Å²) in [5.74, 6) is 0.384. The number of hydrogen-bond donors (Lipinski definition) is 1. The normalized spacial score (nSPS) is 21.7. The third-order valence-electron chi connectivity index (χ3n) is 5.91. The number of hydrogen-bond acceptors (Lipinski definition) is 4. The van der Waals surface area contributed by atoms with Crippen LogP contribution in [-0.4, -0.2) is 63.3 Å². The fraction of sp³-hybridized carbons (Fsp3) is 0.650. The second kappa shape index (κ2) is 8.71. The molecule has 150 valence electrons. The number of carbonyl (C=O) groups excluding carboxylic acids is 1. The SMILES string of the molecule is CNCC1CCN(C(=O)c2cccc(S(=O)(=O)N(C)C3CCCCC3)c2)C1. The number of amides is 1. The van der Waals surface area contributed by atoms with Crippen molar-refractivity contribution in [3.8, 4) is 0 Å². The molecule has 1 saturated heterocycles. The quantitative estimate of drug-likeness (QED) is 0.805. The van der Waals surface area contributed by atoms with E-state index in [1.807, 2.05) is 11.9 Å². The van der Waals surface area contributed by atoms with Gasteiger partial charge in [-0.05, 0) is 57.0 Å². The van der Waals surface area contributed by atoms with E-state index >= 15 is 0 Å². The van der Waals surface area contributed by atoms with Crippen molar-refractivity contribution in [2.45, 2.75) is 49.5 Å². The number of sulfonamides is 1. The summed E-state index contributed by atoms with van der Waals surface area (Å²) in [6, 6.07) is 6.59. The van der Waals surface area contributed by atoms with Crippen LogP contribution in [0.3, 0.4) is 0 Å². The summed E-state index contributed by atoms with van der Waals surface area (Å²) < 4.78 is 27.6. The summed E-state index contributed by atoms with van der Waals surface area (Å²) in [5.41, 5.74) is 0.457. The van der Waals surface area contributed by atoms with E-state index < -0.39 is 10.0 Å². The predicted molar refractivity (Wildman–Crippen MR) is 106 cm³/mol. The van der Waals surface area contributed by atoms with Gasteiger partial charge in [0.25, 0.3) is 5.91 Å². The maximum Gasteiger partial charge on any atom is 0.253 e. The number of nitrogens with one attached hydrogen (secondary N) is 1. The first-order chi connectivity index (χ1) is 12.9. The Kier molecular flexibility index (Phi) is 6.55. The minimum absolute atomic E-state index is 0.0593. The van der Waals surface area contributed by atoms with Gasteiger partial charge in [0, 0.05) is 31.7 Å². The molecule has 1 N–H and O–H groups in total. The summed E-state index contributed by atoms with van der Waals surface area (Å²) in [4.78, 5) is 14.9. The van der Waals surface area contributed by atoms with Crippen molar-refractivity contribution in [2.75, 3.05) is 33.7 Å². The van der Waals surface area contributed by atoms with Gasteiger partial charge in [-0.15, -0.1) is 0 Å². The lowest BCUT2D eigenvalue weighted by Crippen LogP contribution is -2.38. The lowest BCUT2D eigenvalue weighted by Gasteiger charge is -2.30. The van der Waals surface area contributed by atoms with Gasteiger partial charge in [0.2, 0.25) is 10.0 Å². The van der Waals surface area contributed by atoms with Crippen LogP contribution in [0.25, 0.3) is 0 Å². The molecule has 2 fully saturated rings. The molecule has 1 heterocycles. The predicted octanol–water partition coefficient (Wildman–Crippen LogP) is 2.32. The first kappa shape index (κ1) is 20.3. The van der Waals surface area contributed by atoms with E-state index in [0.717, 1.165) is 51.7 Å². The Hall–Kier alpha value is -1.44. The maximum atomic E-state index is 13.1. The van der Waals surface area contributed by atoms with Gasteiger partial charge in [-0.1, -0.05) is 25.3 Å². The number of carbonyl (C=O) groups is 1. The van der Waals surface area contributed by atoms with Crippen LogP contribution in [0.4, 0.5) is 0 Å². The van der Waals surface area contributed by atoms with Crippen LogP contribution in [0, 0.1) is 5.92 Å². The molecule has 1 amide bonds. The fourth-order valence-electron chi connectivity index (χ4n) is 4.25. The van der Waals surface area contributed by atoms with Crippen LogP contribution >= 0.6 is 0 Å². The minimum Gasteiger partial charge on any atom is -0.338 e. The summed E-state index contributed by atoms with van der Waals surface area (Å²) in [7, 11) is 0.00262. The smallest absolute Gasteiger partial charge is 0.253 e. The molecule has 27 heavy (non-hydrogen) atoms. The van der Waals surface area contributed by atoms with Gasteiger partial charge in [0.05, 0.1) is 4.90 Å². The molecule has 2 aliphatic rings. The average Bonchev–Trinajstić information content (AvgIpc) is 3.16. The Morgan fingerprint density at radius 3 is 2.67 bits per heavy atom. The molecule has 6 nitrogen and oxygen atoms in total. The van der Waals surface area contributed by atoms with Gasteiger partial charge in [-0.2, -0.15) is 4.31 Å². The molecule has 0 spiro atoms. The zero-order valence-corrected chi connectivity index (χ0v) is 17.2. The molecule has 1 aromatic carbocycles. The second-order valence-corrected chi connectivity index (χ2v) is 9.80. The molecule has 0 aromatic heterocycles. The third-order valence-corrected chi connectivity index (χ3v) is 7.82. The van der Waals surface area contributed by atoms with Crippen molar-refractivity contribution in [1.29, 1.82) is 0 Å². The first-order valence-electron chi connectivity index (χ1n) is 9.95. The Labute approximate surface area is 163 Å². The van der Waals surface area contributed by atoms with Gasteiger partial charge < -0.3 is 10.2 Å². The fourth-order valence-corrected chi connectivity index (χ4v) is 5.71. The molecule has 1 aliphatic carbocycles. The Balaban J connectivity index is 1.75. The average molecular weight is 394 g/mol. The highest BCUT2D eigenvalue weighted by Gasteiger charge is 2.31. The zero-order valence-electron chi connectivity index (χ0n) is 16.4. The molecule has 0 radical (unpaired) electrons. The molecule has 0 bridgehead atoms. The number of rotatable bonds is 6. The van der Waals surface area contributed by atoms with Crippen LogP contribution in [-0.2, 0) is 10.0 Å². The minimum atomic E-state index is -3.58. The zero-order chi connectivity index (χ0) is 19.4. The standard InChI is InChI=1S/C20H31N3O3S/c1-21-14-16-11-12-23(15-16)20(24)17-7-6-10-19(13-17)27(25,26)22(2)18-8-4-3-5-9-18/h6-7,10,13,16,18,21H,3-5,8-9,11-12,14-15H2,1-2H3. The Morgan fingerprint density at radius 2 is 1.96 bits per heavy atom. The number of benzene rings is 1.